The van der Waals surface area contributed by atoms with Gasteiger partial charge in [-0.25, -0.2) is 0 Å². The number of hydrogen-bond donors (Lipinski definition) is 1. The van der Waals surface area contributed by atoms with Crippen LogP contribution in [0.5, 0.6) is 5.75 Å². The van der Waals surface area contributed by atoms with Gasteiger partial charge in [0.2, 0.25) is 0 Å². The van der Waals surface area contributed by atoms with Gasteiger partial charge in [-0.1, -0.05) is 52.3 Å². The smallest absolute Gasteiger partial charge is 0.262 e. The Morgan fingerprint density at radius 2 is 1.71 bits per heavy atom. The van der Waals surface area contributed by atoms with Gasteiger partial charge >= 0.3 is 0 Å². The largest absolute Gasteiger partial charge is 0.483 e. The average Bonchev–Trinajstić information content (AvgIpc) is 2.54. The van der Waals surface area contributed by atoms with Crippen molar-refractivity contribution in [3.63, 3.8) is 0 Å². The van der Waals surface area contributed by atoms with Gasteiger partial charge < -0.3 is 10.1 Å². The summed E-state index contributed by atoms with van der Waals surface area (Å²) in [7, 11) is 0. The van der Waals surface area contributed by atoms with E-state index >= 15 is 0 Å². The monoisotopic (exact) mass is 383 g/mol. The molecule has 1 N–H and O–H groups in total. The number of amides is 1. The Balaban J connectivity index is 1.72. The molecule has 0 aliphatic heterocycles. The van der Waals surface area contributed by atoms with Crippen LogP contribution in [-0.4, -0.2) is 12.5 Å². The molecule has 4 heteroatoms. The summed E-state index contributed by atoms with van der Waals surface area (Å²) in [6.07, 6.45) is 0. The third-order valence-electron chi connectivity index (χ3n) is 3.84. The molecule has 0 bridgehead atoms. The maximum absolute atomic E-state index is 12.3. The molecule has 3 aromatic carbocycles. The van der Waals surface area contributed by atoms with Crippen molar-refractivity contribution in [1.82, 2.24) is 0 Å². The van der Waals surface area contributed by atoms with Gasteiger partial charge in [0, 0.05) is 15.5 Å². The van der Waals surface area contributed by atoms with E-state index in [0.29, 0.717) is 0 Å². The predicted octanol–water partition coefficient (Wildman–Crippen LogP) is 5.24. The molecule has 0 saturated heterocycles. The third-order valence-corrected chi connectivity index (χ3v) is 4.29. The van der Waals surface area contributed by atoms with Crippen molar-refractivity contribution in [3.05, 3.63) is 70.2 Å². The van der Waals surface area contributed by atoms with Gasteiger partial charge in [0.15, 0.2) is 6.61 Å². The molecule has 3 rings (SSSR count). The fourth-order valence-corrected chi connectivity index (χ4v) is 3.47. The van der Waals surface area contributed by atoms with Crippen LogP contribution in [0.3, 0.4) is 0 Å². The maximum Gasteiger partial charge on any atom is 0.262 e. The molecule has 24 heavy (non-hydrogen) atoms. The Labute approximate surface area is 149 Å². The Morgan fingerprint density at radius 1 is 1.04 bits per heavy atom. The lowest BCUT2D eigenvalue weighted by molar-refractivity contribution is -0.118. The van der Waals surface area contributed by atoms with Gasteiger partial charge in [0.25, 0.3) is 5.91 Å². The molecule has 0 aliphatic rings. The summed E-state index contributed by atoms with van der Waals surface area (Å²) in [6.45, 7) is 3.91. The van der Waals surface area contributed by atoms with E-state index in [4.69, 9.17) is 4.74 Å². The highest BCUT2D eigenvalue weighted by Gasteiger charge is 2.10. The Bertz CT molecular complexity index is 877. The van der Waals surface area contributed by atoms with Crippen LogP contribution in [-0.2, 0) is 4.79 Å². The Hall–Kier alpha value is -2.33. The average molecular weight is 384 g/mol. The van der Waals surface area contributed by atoms with Crippen molar-refractivity contribution in [3.8, 4) is 5.75 Å². The first-order valence-corrected chi connectivity index (χ1v) is 8.51. The summed E-state index contributed by atoms with van der Waals surface area (Å²) in [5.74, 6) is 0.583. The lowest BCUT2D eigenvalue weighted by Gasteiger charge is -2.13. The van der Waals surface area contributed by atoms with Gasteiger partial charge in [-0.15, -0.1) is 0 Å². The second-order valence-corrected chi connectivity index (χ2v) is 6.65. The molecule has 0 atom stereocenters. The number of fused-ring (bicyclic) bond motifs is 1. The summed E-state index contributed by atoms with van der Waals surface area (Å²) in [4.78, 5) is 12.3. The zero-order chi connectivity index (χ0) is 17.1. The summed E-state index contributed by atoms with van der Waals surface area (Å²) in [5, 5.41) is 5.04. The van der Waals surface area contributed by atoms with Crippen molar-refractivity contribution >= 4 is 38.3 Å². The number of anilines is 1. The molecule has 122 valence electrons. The van der Waals surface area contributed by atoms with E-state index < -0.39 is 0 Å². The Morgan fingerprint density at radius 3 is 2.46 bits per heavy atom. The van der Waals surface area contributed by atoms with Crippen LogP contribution in [0.2, 0.25) is 0 Å². The molecule has 3 nitrogen and oxygen atoms in total. The fraction of sp³-hybridized carbons (Fsp3) is 0.150. The lowest BCUT2D eigenvalue weighted by atomic mass is 10.1. The van der Waals surface area contributed by atoms with E-state index in [1.54, 1.807) is 0 Å². The molecule has 0 heterocycles. The second-order valence-electron chi connectivity index (χ2n) is 5.73. The van der Waals surface area contributed by atoms with E-state index in [9.17, 15) is 4.79 Å². The molecule has 0 fully saturated rings. The quantitative estimate of drug-likeness (QED) is 0.668. The van der Waals surface area contributed by atoms with Crippen molar-refractivity contribution < 1.29 is 9.53 Å². The van der Waals surface area contributed by atoms with Gasteiger partial charge in [-0.3, -0.25) is 4.79 Å². The number of carbonyl (C=O) groups excluding carboxylic acids is 1. The summed E-state index contributed by atoms with van der Waals surface area (Å²) in [6, 6.07) is 17.8. The normalized spacial score (nSPS) is 10.6. The minimum absolute atomic E-state index is 0.0213. The summed E-state index contributed by atoms with van der Waals surface area (Å²) >= 11 is 3.46. The molecule has 0 saturated carbocycles. The van der Waals surface area contributed by atoms with Crippen LogP contribution >= 0.6 is 15.9 Å². The molecule has 0 unspecified atom stereocenters. The van der Waals surface area contributed by atoms with E-state index in [1.165, 1.54) is 0 Å². The third kappa shape index (κ3) is 3.60. The number of halogens is 1. The highest BCUT2D eigenvalue weighted by molar-refractivity contribution is 9.10. The number of hydrogen-bond acceptors (Lipinski definition) is 2. The van der Waals surface area contributed by atoms with E-state index in [0.717, 1.165) is 37.8 Å². The van der Waals surface area contributed by atoms with Crippen LogP contribution in [0, 0.1) is 13.8 Å². The van der Waals surface area contributed by atoms with E-state index in [-0.39, 0.29) is 12.5 Å². The minimum Gasteiger partial charge on any atom is -0.483 e. The lowest BCUT2D eigenvalue weighted by Crippen LogP contribution is -2.20. The SMILES string of the molecule is Cc1cc(Br)cc(C)c1OCC(=O)Nc1cccc2ccccc12. The molecule has 3 aromatic rings. The molecule has 1 amide bonds. The van der Waals surface area contributed by atoms with Crippen LogP contribution in [0.1, 0.15) is 11.1 Å². The highest BCUT2D eigenvalue weighted by atomic mass is 79.9. The second kappa shape index (κ2) is 7.05. The summed E-state index contributed by atoms with van der Waals surface area (Å²) < 4.78 is 6.74. The van der Waals surface area contributed by atoms with Crippen LogP contribution in [0.25, 0.3) is 10.8 Å². The van der Waals surface area contributed by atoms with Crippen LogP contribution in [0.15, 0.2) is 59.1 Å². The van der Waals surface area contributed by atoms with E-state index in [2.05, 4.69) is 21.2 Å². The Kier molecular flexibility index (Phi) is 4.86. The van der Waals surface area contributed by atoms with Crippen molar-refractivity contribution in [2.24, 2.45) is 0 Å². The summed E-state index contributed by atoms with van der Waals surface area (Å²) in [5.41, 5.74) is 2.80. The van der Waals surface area contributed by atoms with Crippen LogP contribution < -0.4 is 10.1 Å². The number of aryl methyl sites for hydroxylation is 2. The minimum atomic E-state index is -0.173. The molecule has 0 radical (unpaired) electrons. The van der Waals surface area contributed by atoms with Crippen LogP contribution in [0.4, 0.5) is 5.69 Å². The topological polar surface area (TPSA) is 38.3 Å². The van der Waals surface area contributed by atoms with E-state index in [1.807, 2.05) is 68.4 Å². The first kappa shape index (κ1) is 16.5. The van der Waals surface area contributed by atoms with Gasteiger partial charge in [-0.05, 0) is 48.6 Å². The number of rotatable bonds is 4. The van der Waals surface area contributed by atoms with Gasteiger partial charge in [0.05, 0.1) is 0 Å². The zero-order valence-electron chi connectivity index (χ0n) is 13.6. The molecular weight excluding hydrogens is 366 g/mol. The van der Waals surface area contributed by atoms with Crippen molar-refractivity contribution in [2.45, 2.75) is 13.8 Å². The fourth-order valence-electron chi connectivity index (χ4n) is 2.78. The molecule has 0 aliphatic carbocycles. The van der Waals surface area contributed by atoms with Crippen molar-refractivity contribution in [1.29, 1.82) is 0 Å². The number of ether oxygens (including phenoxy) is 1. The van der Waals surface area contributed by atoms with Crippen molar-refractivity contribution in [2.75, 3.05) is 11.9 Å². The molecule has 0 aromatic heterocycles. The zero-order valence-corrected chi connectivity index (χ0v) is 15.2. The van der Waals surface area contributed by atoms with Gasteiger partial charge in [-0.2, -0.15) is 0 Å². The number of carbonyl (C=O) groups is 1. The number of nitrogens with one attached hydrogen (secondary N) is 1. The maximum atomic E-state index is 12.3. The highest BCUT2D eigenvalue weighted by Crippen LogP contribution is 2.27. The number of benzene rings is 3. The van der Waals surface area contributed by atoms with Gasteiger partial charge in [0.1, 0.15) is 5.75 Å². The first-order valence-electron chi connectivity index (χ1n) is 7.72. The molecular formula is C20H18BrNO2. The molecule has 0 spiro atoms. The predicted molar refractivity (Wildman–Crippen MR) is 102 cm³/mol. The standard InChI is InChI=1S/C20H18BrNO2/c1-13-10-16(21)11-14(2)20(13)24-12-19(23)22-18-9-5-7-15-6-3-4-8-17(15)18/h3-11H,12H2,1-2H3,(H,22,23). The first-order chi connectivity index (χ1) is 11.5.